The molecule has 0 amide bonds. The number of benzene rings is 1. The average molecular weight is 368 g/mol. The summed E-state index contributed by atoms with van der Waals surface area (Å²) in [6.45, 7) is 2.37. The van der Waals surface area contributed by atoms with Gasteiger partial charge in [0.1, 0.15) is 10.1 Å². The van der Waals surface area contributed by atoms with Crippen LogP contribution in [0.5, 0.6) is 5.75 Å². The second-order valence-electron chi connectivity index (χ2n) is 4.71. The van der Waals surface area contributed by atoms with Crippen molar-refractivity contribution in [1.29, 1.82) is 0 Å². The lowest BCUT2D eigenvalue weighted by atomic mass is 10.1. The standard InChI is InChI=1S/C16H11Cl2NO3S/c1-2-22-8-3-4-12-9(5-8)10(16(20)21)6-13(19-12)11-7-14(17)23-15(11)18/h3-7H,2H2,1H3,(H,20,21). The third kappa shape index (κ3) is 3.13. The predicted molar refractivity (Wildman–Crippen MR) is 93.2 cm³/mol. The zero-order valence-electron chi connectivity index (χ0n) is 12.0. The predicted octanol–water partition coefficient (Wildman–Crippen LogP) is 5.37. The van der Waals surface area contributed by atoms with Crippen LogP contribution in [0.4, 0.5) is 0 Å². The summed E-state index contributed by atoms with van der Waals surface area (Å²) in [4.78, 5) is 16.1. The van der Waals surface area contributed by atoms with Gasteiger partial charge in [0.25, 0.3) is 0 Å². The lowest BCUT2D eigenvalue weighted by Crippen LogP contribution is -2.01. The number of ether oxygens (including phenoxy) is 1. The molecule has 0 bridgehead atoms. The lowest BCUT2D eigenvalue weighted by Gasteiger charge is -2.09. The Morgan fingerprint density at radius 2 is 2.09 bits per heavy atom. The fourth-order valence-corrected chi connectivity index (χ4v) is 3.77. The van der Waals surface area contributed by atoms with Gasteiger partial charge in [-0.3, -0.25) is 0 Å². The Labute approximate surface area is 146 Å². The van der Waals surface area contributed by atoms with Crippen molar-refractivity contribution >= 4 is 51.4 Å². The van der Waals surface area contributed by atoms with Crippen molar-refractivity contribution in [2.75, 3.05) is 6.61 Å². The summed E-state index contributed by atoms with van der Waals surface area (Å²) in [6, 6.07) is 8.36. The van der Waals surface area contributed by atoms with Crippen molar-refractivity contribution < 1.29 is 14.6 Å². The summed E-state index contributed by atoms with van der Waals surface area (Å²) in [5, 5.41) is 10.0. The van der Waals surface area contributed by atoms with Crippen LogP contribution in [0.25, 0.3) is 22.2 Å². The number of aromatic nitrogens is 1. The van der Waals surface area contributed by atoms with Gasteiger partial charge in [-0.05, 0) is 37.3 Å². The molecule has 1 N–H and O–H groups in total. The second-order valence-corrected chi connectivity index (χ2v) is 7.00. The number of thiophene rings is 1. The Kier molecular flexibility index (Phi) is 4.43. The third-order valence-electron chi connectivity index (χ3n) is 3.25. The molecule has 0 saturated heterocycles. The van der Waals surface area contributed by atoms with Crippen molar-refractivity contribution in [3.05, 3.63) is 44.6 Å². The molecule has 0 aliphatic heterocycles. The quantitative estimate of drug-likeness (QED) is 0.673. The summed E-state index contributed by atoms with van der Waals surface area (Å²) < 4.78 is 6.43. The number of hydrogen-bond acceptors (Lipinski definition) is 4. The van der Waals surface area contributed by atoms with Crippen LogP contribution in [0.15, 0.2) is 30.3 Å². The highest BCUT2D eigenvalue weighted by atomic mass is 35.5. The van der Waals surface area contributed by atoms with E-state index in [1.165, 1.54) is 17.4 Å². The zero-order chi connectivity index (χ0) is 16.6. The monoisotopic (exact) mass is 367 g/mol. The Morgan fingerprint density at radius 3 is 2.70 bits per heavy atom. The highest BCUT2D eigenvalue weighted by Crippen LogP contribution is 2.38. The normalized spacial score (nSPS) is 10.9. The van der Waals surface area contributed by atoms with Crippen LogP contribution in [0.2, 0.25) is 8.67 Å². The molecule has 3 aromatic rings. The molecule has 0 saturated carbocycles. The maximum absolute atomic E-state index is 11.6. The molecule has 0 aliphatic rings. The van der Waals surface area contributed by atoms with Gasteiger partial charge >= 0.3 is 5.97 Å². The van der Waals surface area contributed by atoms with Gasteiger partial charge < -0.3 is 9.84 Å². The number of aromatic carboxylic acids is 1. The van der Waals surface area contributed by atoms with Gasteiger partial charge in [-0.1, -0.05) is 23.2 Å². The van der Waals surface area contributed by atoms with Crippen LogP contribution < -0.4 is 4.74 Å². The highest BCUT2D eigenvalue weighted by Gasteiger charge is 2.16. The lowest BCUT2D eigenvalue weighted by molar-refractivity contribution is 0.0699. The minimum Gasteiger partial charge on any atom is -0.494 e. The van der Waals surface area contributed by atoms with Crippen LogP contribution >= 0.6 is 34.5 Å². The van der Waals surface area contributed by atoms with Gasteiger partial charge in [0, 0.05) is 10.9 Å². The van der Waals surface area contributed by atoms with Crippen LogP contribution in [0, 0.1) is 0 Å². The molecule has 118 valence electrons. The van der Waals surface area contributed by atoms with Crippen LogP contribution in [0.1, 0.15) is 17.3 Å². The topological polar surface area (TPSA) is 59.4 Å². The van der Waals surface area contributed by atoms with E-state index < -0.39 is 5.97 Å². The van der Waals surface area contributed by atoms with Gasteiger partial charge in [0.05, 0.1) is 27.7 Å². The first-order valence-electron chi connectivity index (χ1n) is 6.75. The molecule has 23 heavy (non-hydrogen) atoms. The molecule has 3 rings (SSSR count). The number of halogens is 2. The van der Waals surface area contributed by atoms with E-state index in [2.05, 4.69) is 4.98 Å². The minimum absolute atomic E-state index is 0.143. The third-order valence-corrected chi connectivity index (χ3v) is 4.74. The smallest absolute Gasteiger partial charge is 0.336 e. The summed E-state index contributed by atoms with van der Waals surface area (Å²) >= 11 is 13.3. The number of carbonyl (C=O) groups is 1. The number of rotatable bonds is 4. The molecule has 2 heterocycles. The van der Waals surface area contributed by atoms with E-state index in [4.69, 9.17) is 27.9 Å². The van der Waals surface area contributed by atoms with E-state index in [0.29, 0.717) is 43.2 Å². The molecular weight excluding hydrogens is 357 g/mol. The van der Waals surface area contributed by atoms with E-state index in [9.17, 15) is 9.90 Å². The number of fused-ring (bicyclic) bond motifs is 1. The van der Waals surface area contributed by atoms with Crippen molar-refractivity contribution in [2.24, 2.45) is 0 Å². The highest BCUT2D eigenvalue weighted by molar-refractivity contribution is 7.20. The molecule has 0 aliphatic carbocycles. The van der Waals surface area contributed by atoms with E-state index in [0.717, 1.165) is 0 Å². The van der Waals surface area contributed by atoms with Crippen molar-refractivity contribution in [1.82, 2.24) is 4.98 Å². The van der Waals surface area contributed by atoms with Gasteiger partial charge in [0.2, 0.25) is 0 Å². The fraction of sp³-hybridized carbons (Fsp3) is 0.125. The second kappa shape index (κ2) is 6.35. The summed E-state index contributed by atoms with van der Waals surface area (Å²) in [5.41, 5.74) is 1.80. The molecule has 0 unspecified atom stereocenters. The van der Waals surface area contributed by atoms with E-state index in [1.807, 2.05) is 6.92 Å². The number of nitrogens with zero attached hydrogens (tertiary/aromatic N) is 1. The van der Waals surface area contributed by atoms with Crippen molar-refractivity contribution in [3.8, 4) is 17.0 Å². The summed E-state index contributed by atoms with van der Waals surface area (Å²) in [5.74, 6) is -0.432. The van der Waals surface area contributed by atoms with Gasteiger partial charge in [-0.25, -0.2) is 9.78 Å². The first-order chi connectivity index (χ1) is 11.0. The Bertz CT molecular complexity index is 908. The molecule has 4 nitrogen and oxygen atoms in total. The van der Waals surface area contributed by atoms with Gasteiger partial charge in [0.15, 0.2) is 0 Å². The molecule has 0 atom stereocenters. The molecule has 0 radical (unpaired) electrons. The number of pyridine rings is 1. The number of hydrogen-bond donors (Lipinski definition) is 1. The SMILES string of the molecule is CCOc1ccc2nc(-c3cc(Cl)sc3Cl)cc(C(=O)O)c2c1. The first kappa shape index (κ1) is 16.1. The van der Waals surface area contributed by atoms with E-state index in [1.54, 1.807) is 24.3 Å². The maximum Gasteiger partial charge on any atom is 0.336 e. The van der Waals surface area contributed by atoms with Crippen molar-refractivity contribution in [3.63, 3.8) is 0 Å². The Balaban J connectivity index is 2.25. The van der Waals surface area contributed by atoms with E-state index in [-0.39, 0.29) is 5.56 Å². The largest absolute Gasteiger partial charge is 0.494 e. The summed E-state index contributed by atoms with van der Waals surface area (Å²) in [7, 11) is 0. The fourth-order valence-electron chi connectivity index (χ4n) is 2.29. The minimum atomic E-state index is -1.04. The molecule has 0 fully saturated rings. The van der Waals surface area contributed by atoms with Crippen LogP contribution in [-0.2, 0) is 0 Å². The first-order valence-corrected chi connectivity index (χ1v) is 8.33. The van der Waals surface area contributed by atoms with Crippen LogP contribution in [0.3, 0.4) is 0 Å². The van der Waals surface area contributed by atoms with E-state index >= 15 is 0 Å². The van der Waals surface area contributed by atoms with Crippen LogP contribution in [-0.4, -0.2) is 22.7 Å². The van der Waals surface area contributed by atoms with Gasteiger partial charge in [-0.15, -0.1) is 11.3 Å². The summed E-state index contributed by atoms with van der Waals surface area (Å²) in [6.07, 6.45) is 0. The van der Waals surface area contributed by atoms with Crippen molar-refractivity contribution in [2.45, 2.75) is 6.92 Å². The average Bonchev–Trinajstić information content (AvgIpc) is 2.85. The Morgan fingerprint density at radius 1 is 1.30 bits per heavy atom. The zero-order valence-corrected chi connectivity index (χ0v) is 14.3. The maximum atomic E-state index is 11.6. The molecule has 0 spiro atoms. The van der Waals surface area contributed by atoms with Gasteiger partial charge in [-0.2, -0.15) is 0 Å². The molecule has 1 aromatic carbocycles. The molecule has 7 heteroatoms. The number of carboxylic acid groups (broad SMARTS) is 1. The molecular formula is C16H11Cl2NO3S. The molecule has 2 aromatic heterocycles. The Hall–Kier alpha value is -1.82. The number of carboxylic acids is 1.